The Morgan fingerprint density at radius 2 is 1.56 bits per heavy atom. The highest BCUT2D eigenvalue weighted by Gasteiger charge is 2.23. The largest absolute Gasteiger partial charge is 0.493 e. The van der Waals surface area contributed by atoms with Gasteiger partial charge in [-0.25, -0.2) is 0 Å². The molecule has 0 atom stereocenters. The number of pyridine rings is 1. The minimum atomic E-state index is -0.732. The van der Waals surface area contributed by atoms with E-state index in [0.717, 1.165) is 5.52 Å². The Balaban J connectivity index is 1.80. The van der Waals surface area contributed by atoms with Crippen LogP contribution in [0.2, 0.25) is 0 Å². The van der Waals surface area contributed by atoms with Crippen LogP contribution in [0.3, 0.4) is 0 Å². The molecule has 0 radical (unpaired) electrons. The van der Waals surface area contributed by atoms with Crippen molar-refractivity contribution in [1.82, 2.24) is 9.55 Å². The summed E-state index contributed by atoms with van der Waals surface area (Å²) >= 11 is 0. The van der Waals surface area contributed by atoms with Gasteiger partial charge < -0.3 is 24.1 Å². The van der Waals surface area contributed by atoms with Gasteiger partial charge >= 0.3 is 0 Å². The number of para-hydroxylation sites is 1. The average Bonchev–Trinajstić information content (AvgIpc) is 3.22. The molecule has 2 heterocycles. The smallest absolute Gasteiger partial charge is 0.296 e. The first-order valence-electron chi connectivity index (χ1n) is 9.73. The molecule has 2 aromatic heterocycles. The van der Waals surface area contributed by atoms with Gasteiger partial charge in [0.05, 0.1) is 38.1 Å². The molecule has 4 rings (SSSR count). The van der Waals surface area contributed by atoms with Crippen LogP contribution in [0.5, 0.6) is 17.2 Å². The maximum absolute atomic E-state index is 13.0. The molecule has 32 heavy (non-hydrogen) atoms. The summed E-state index contributed by atoms with van der Waals surface area (Å²) in [6.45, 7) is 0. The molecule has 2 aromatic carbocycles. The minimum Gasteiger partial charge on any atom is -0.493 e. The molecular weight excluding hydrogens is 410 g/mol. The molecule has 4 aromatic rings. The van der Waals surface area contributed by atoms with Gasteiger partial charge in [-0.3, -0.25) is 14.6 Å². The third kappa shape index (κ3) is 3.74. The van der Waals surface area contributed by atoms with E-state index in [-0.39, 0.29) is 5.56 Å². The summed E-state index contributed by atoms with van der Waals surface area (Å²) in [5, 5.41) is 3.26. The lowest BCUT2D eigenvalue weighted by molar-refractivity contribution is -0.112. The molecule has 0 aliphatic carbocycles. The second kappa shape index (κ2) is 8.81. The molecule has 0 saturated heterocycles. The number of anilines is 1. The van der Waals surface area contributed by atoms with E-state index in [2.05, 4.69) is 10.3 Å². The van der Waals surface area contributed by atoms with Crippen LogP contribution in [-0.4, -0.2) is 42.6 Å². The summed E-state index contributed by atoms with van der Waals surface area (Å²) < 4.78 is 18.1. The van der Waals surface area contributed by atoms with E-state index < -0.39 is 11.7 Å². The number of hydrogen-bond donors (Lipinski definition) is 1. The molecule has 0 unspecified atom stereocenters. The normalized spacial score (nSPS) is 10.6. The molecule has 0 aliphatic heterocycles. The van der Waals surface area contributed by atoms with Gasteiger partial charge in [0.25, 0.3) is 11.7 Å². The number of carbonyl (C=O) groups is 2. The predicted octanol–water partition coefficient (Wildman–Crippen LogP) is 3.87. The van der Waals surface area contributed by atoms with E-state index in [1.807, 2.05) is 22.8 Å². The van der Waals surface area contributed by atoms with Gasteiger partial charge in [0.2, 0.25) is 5.75 Å². The summed E-state index contributed by atoms with van der Waals surface area (Å²) in [4.78, 5) is 29.6. The maximum atomic E-state index is 13.0. The number of nitrogens with zero attached hydrogens (tertiary/aromatic N) is 2. The molecule has 0 aliphatic rings. The quantitative estimate of drug-likeness (QED) is 0.353. The van der Waals surface area contributed by atoms with Gasteiger partial charge in [-0.1, -0.05) is 18.2 Å². The molecule has 8 heteroatoms. The van der Waals surface area contributed by atoms with Crippen molar-refractivity contribution < 1.29 is 23.8 Å². The van der Waals surface area contributed by atoms with Crippen LogP contribution in [-0.2, 0) is 4.79 Å². The van der Waals surface area contributed by atoms with Gasteiger partial charge in [-0.05, 0) is 18.2 Å². The van der Waals surface area contributed by atoms with Gasteiger partial charge in [-0.15, -0.1) is 0 Å². The molecule has 1 amide bonds. The van der Waals surface area contributed by atoms with E-state index in [9.17, 15) is 9.59 Å². The number of amides is 1. The molecular formula is C24H21N3O5. The molecule has 0 fully saturated rings. The molecule has 1 N–H and O–H groups in total. The average molecular weight is 431 g/mol. The van der Waals surface area contributed by atoms with Crippen molar-refractivity contribution in [1.29, 1.82) is 0 Å². The number of rotatable bonds is 7. The lowest BCUT2D eigenvalue weighted by atomic mass is 10.1. The highest BCUT2D eigenvalue weighted by molar-refractivity contribution is 6.48. The Bertz CT molecular complexity index is 1270. The third-order valence-electron chi connectivity index (χ3n) is 5.03. The Morgan fingerprint density at radius 3 is 2.19 bits per heavy atom. The number of fused-ring (bicyclic) bond motifs is 1. The predicted molar refractivity (Wildman–Crippen MR) is 120 cm³/mol. The minimum absolute atomic E-state index is 0.279. The second-order valence-electron chi connectivity index (χ2n) is 6.83. The van der Waals surface area contributed by atoms with E-state index >= 15 is 0 Å². The zero-order valence-corrected chi connectivity index (χ0v) is 17.8. The topological polar surface area (TPSA) is 91.7 Å². The van der Waals surface area contributed by atoms with Gasteiger partial charge in [-0.2, -0.15) is 0 Å². The highest BCUT2D eigenvalue weighted by Crippen LogP contribution is 2.40. The van der Waals surface area contributed by atoms with E-state index in [0.29, 0.717) is 34.0 Å². The van der Waals surface area contributed by atoms with Gasteiger partial charge in [0.1, 0.15) is 0 Å². The number of ether oxygens (including phenoxy) is 3. The number of aromatic nitrogens is 2. The lowest BCUT2D eigenvalue weighted by Crippen LogP contribution is -2.22. The highest BCUT2D eigenvalue weighted by atomic mass is 16.5. The molecule has 0 spiro atoms. The number of Topliss-reactive ketones (excluding diaryl/α,β-unsaturated/α-hetero) is 1. The van der Waals surface area contributed by atoms with Crippen LogP contribution in [0.1, 0.15) is 10.4 Å². The first-order valence-corrected chi connectivity index (χ1v) is 9.73. The summed E-state index contributed by atoms with van der Waals surface area (Å²) in [6.07, 6.45) is 4.71. The number of hydrogen-bond acceptors (Lipinski definition) is 6. The monoisotopic (exact) mass is 431 g/mol. The van der Waals surface area contributed by atoms with Crippen molar-refractivity contribution >= 4 is 28.3 Å². The SMILES string of the molecule is COc1cc(-n2cc(C(=O)C(=O)Nc3ccncc3)c3ccccc32)cc(OC)c1OC. The van der Waals surface area contributed by atoms with Crippen molar-refractivity contribution in [3.05, 3.63) is 72.7 Å². The van der Waals surface area contributed by atoms with E-state index in [4.69, 9.17) is 14.2 Å². The van der Waals surface area contributed by atoms with Crippen LogP contribution in [0.4, 0.5) is 5.69 Å². The van der Waals surface area contributed by atoms with Crippen LogP contribution in [0.15, 0.2) is 67.1 Å². The molecule has 162 valence electrons. The number of methoxy groups -OCH3 is 3. The van der Waals surface area contributed by atoms with E-state index in [1.54, 1.807) is 36.5 Å². The fourth-order valence-corrected chi connectivity index (χ4v) is 3.53. The number of carbonyl (C=O) groups excluding carboxylic acids is 2. The van der Waals surface area contributed by atoms with Crippen molar-refractivity contribution in [3.63, 3.8) is 0 Å². The van der Waals surface area contributed by atoms with Crippen molar-refractivity contribution in [2.24, 2.45) is 0 Å². The van der Waals surface area contributed by atoms with Crippen LogP contribution < -0.4 is 19.5 Å². The van der Waals surface area contributed by atoms with Gasteiger partial charge in [0, 0.05) is 41.8 Å². The summed E-state index contributed by atoms with van der Waals surface area (Å²) in [5.74, 6) is 0.0299. The van der Waals surface area contributed by atoms with Crippen LogP contribution >= 0.6 is 0 Å². The molecule has 0 bridgehead atoms. The number of nitrogens with one attached hydrogen (secondary N) is 1. The zero-order valence-electron chi connectivity index (χ0n) is 17.8. The molecule has 0 saturated carbocycles. The van der Waals surface area contributed by atoms with Crippen LogP contribution in [0.25, 0.3) is 16.6 Å². The Kier molecular flexibility index (Phi) is 5.76. The standard InChI is InChI=1S/C24H21N3O5/c1-30-20-12-16(13-21(31-2)23(20)32-3)27-14-18(17-6-4-5-7-19(17)27)22(28)24(29)26-15-8-10-25-11-9-15/h4-14H,1-3H3,(H,25,26,29). The summed E-state index contributed by atoms with van der Waals surface area (Å²) in [7, 11) is 4.60. The Labute approximate surface area is 184 Å². The second-order valence-corrected chi connectivity index (χ2v) is 6.83. The Hall–Kier alpha value is -4.33. The zero-order chi connectivity index (χ0) is 22.7. The molecule has 8 nitrogen and oxygen atoms in total. The maximum Gasteiger partial charge on any atom is 0.296 e. The summed E-state index contributed by atoms with van der Waals surface area (Å²) in [6, 6.07) is 14.1. The fourth-order valence-electron chi connectivity index (χ4n) is 3.53. The fraction of sp³-hybridized carbons (Fsp3) is 0.125. The Morgan fingerprint density at radius 1 is 0.906 bits per heavy atom. The van der Waals surface area contributed by atoms with Crippen molar-refractivity contribution in [3.8, 4) is 22.9 Å². The number of ketones is 1. The first kappa shape index (κ1) is 20.9. The first-order chi connectivity index (χ1) is 15.6. The number of benzene rings is 2. The van der Waals surface area contributed by atoms with E-state index in [1.165, 1.54) is 33.7 Å². The summed E-state index contributed by atoms with van der Waals surface area (Å²) in [5.41, 5.74) is 2.21. The van der Waals surface area contributed by atoms with Crippen LogP contribution in [0, 0.1) is 0 Å². The van der Waals surface area contributed by atoms with Crippen molar-refractivity contribution in [2.75, 3.05) is 26.6 Å². The van der Waals surface area contributed by atoms with Gasteiger partial charge in [0.15, 0.2) is 11.5 Å². The van der Waals surface area contributed by atoms with Crippen molar-refractivity contribution in [2.45, 2.75) is 0 Å². The lowest BCUT2D eigenvalue weighted by Gasteiger charge is -2.15. The third-order valence-corrected chi connectivity index (χ3v) is 5.03.